The molecule has 90 valence electrons. The Morgan fingerprint density at radius 1 is 1.62 bits per heavy atom. The number of nitrogens with one attached hydrogen (secondary N) is 1. The average Bonchev–Trinajstić information content (AvgIpc) is 2.84. The van der Waals surface area contributed by atoms with Crippen molar-refractivity contribution in [3.8, 4) is 0 Å². The molecule has 0 amide bonds. The first-order valence-corrected chi connectivity index (χ1v) is 7.04. The number of hydrogen-bond acceptors (Lipinski definition) is 3. The summed E-state index contributed by atoms with van der Waals surface area (Å²) in [5, 5.41) is 5.85. The number of likely N-dealkylation sites (tertiary alicyclic amines) is 1. The fraction of sp³-hybridized carbons (Fsp3) is 0.692. The number of likely N-dealkylation sites (N-methyl/N-ethyl adjacent to an activating group) is 1. The van der Waals surface area contributed by atoms with E-state index in [1.807, 2.05) is 11.3 Å². The SMILES string of the molecule is Cc1ccsc1C(C)NCC1CCCN1C. The van der Waals surface area contributed by atoms with E-state index in [4.69, 9.17) is 0 Å². The molecule has 0 radical (unpaired) electrons. The standard InChI is InChI=1S/C13H22N2S/c1-10-6-8-16-13(10)11(2)14-9-12-5-4-7-15(12)3/h6,8,11-12,14H,4-5,7,9H2,1-3H3. The molecule has 2 heterocycles. The van der Waals surface area contributed by atoms with Gasteiger partial charge in [0.05, 0.1) is 0 Å². The number of hydrogen-bond donors (Lipinski definition) is 1. The van der Waals surface area contributed by atoms with Crippen molar-refractivity contribution < 1.29 is 0 Å². The van der Waals surface area contributed by atoms with Crippen molar-refractivity contribution in [1.82, 2.24) is 10.2 Å². The third-order valence-electron chi connectivity index (χ3n) is 3.63. The Morgan fingerprint density at radius 3 is 3.00 bits per heavy atom. The maximum Gasteiger partial charge on any atom is 0.0389 e. The van der Waals surface area contributed by atoms with Gasteiger partial charge in [-0.1, -0.05) is 0 Å². The summed E-state index contributed by atoms with van der Waals surface area (Å²) in [4.78, 5) is 3.96. The van der Waals surface area contributed by atoms with Gasteiger partial charge in [-0.2, -0.15) is 0 Å². The van der Waals surface area contributed by atoms with Gasteiger partial charge in [0.1, 0.15) is 0 Å². The van der Waals surface area contributed by atoms with Gasteiger partial charge < -0.3 is 10.2 Å². The molecular formula is C13H22N2S. The number of nitrogens with zero attached hydrogens (tertiary/aromatic N) is 1. The molecule has 2 unspecified atom stereocenters. The zero-order valence-corrected chi connectivity index (χ0v) is 11.3. The highest BCUT2D eigenvalue weighted by atomic mass is 32.1. The van der Waals surface area contributed by atoms with E-state index in [0.717, 1.165) is 12.6 Å². The van der Waals surface area contributed by atoms with Crippen LogP contribution in [-0.2, 0) is 0 Å². The Labute approximate surface area is 103 Å². The van der Waals surface area contributed by atoms with Crippen LogP contribution in [0.4, 0.5) is 0 Å². The van der Waals surface area contributed by atoms with Crippen molar-refractivity contribution in [3.63, 3.8) is 0 Å². The van der Waals surface area contributed by atoms with E-state index in [0.29, 0.717) is 6.04 Å². The van der Waals surface area contributed by atoms with Crippen LogP contribution in [0.2, 0.25) is 0 Å². The van der Waals surface area contributed by atoms with Crippen molar-refractivity contribution in [2.24, 2.45) is 0 Å². The summed E-state index contributed by atoms with van der Waals surface area (Å²) in [7, 11) is 2.24. The first-order chi connectivity index (χ1) is 7.68. The fourth-order valence-corrected chi connectivity index (χ4v) is 3.43. The first-order valence-electron chi connectivity index (χ1n) is 6.16. The van der Waals surface area contributed by atoms with Gasteiger partial charge in [-0.25, -0.2) is 0 Å². The van der Waals surface area contributed by atoms with Gasteiger partial charge in [0.2, 0.25) is 0 Å². The van der Waals surface area contributed by atoms with Crippen LogP contribution in [0.15, 0.2) is 11.4 Å². The molecule has 1 aromatic heterocycles. The van der Waals surface area contributed by atoms with Crippen LogP contribution in [0, 0.1) is 6.92 Å². The number of rotatable bonds is 4. The third kappa shape index (κ3) is 2.65. The van der Waals surface area contributed by atoms with Crippen LogP contribution in [0.3, 0.4) is 0 Å². The molecule has 0 bridgehead atoms. The van der Waals surface area contributed by atoms with E-state index < -0.39 is 0 Å². The van der Waals surface area contributed by atoms with E-state index in [1.165, 1.54) is 29.8 Å². The largest absolute Gasteiger partial charge is 0.308 e. The minimum Gasteiger partial charge on any atom is -0.308 e. The maximum atomic E-state index is 3.67. The molecule has 1 fully saturated rings. The van der Waals surface area contributed by atoms with Crippen molar-refractivity contribution in [1.29, 1.82) is 0 Å². The molecule has 0 aliphatic carbocycles. The van der Waals surface area contributed by atoms with E-state index >= 15 is 0 Å². The summed E-state index contributed by atoms with van der Waals surface area (Å²) in [5.74, 6) is 0. The number of thiophene rings is 1. The van der Waals surface area contributed by atoms with Crippen LogP contribution >= 0.6 is 11.3 Å². The quantitative estimate of drug-likeness (QED) is 0.868. The van der Waals surface area contributed by atoms with Crippen LogP contribution < -0.4 is 5.32 Å². The van der Waals surface area contributed by atoms with E-state index in [1.54, 1.807) is 0 Å². The van der Waals surface area contributed by atoms with Gasteiger partial charge in [-0.15, -0.1) is 11.3 Å². The summed E-state index contributed by atoms with van der Waals surface area (Å²) >= 11 is 1.86. The predicted molar refractivity (Wildman–Crippen MR) is 71.1 cm³/mol. The Bertz CT molecular complexity index is 334. The second-order valence-corrected chi connectivity index (χ2v) is 5.82. The molecule has 1 aliphatic heterocycles. The summed E-state index contributed by atoms with van der Waals surface area (Å²) < 4.78 is 0. The third-order valence-corrected chi connectivity index (χ3v) is 4.83. The van der Waals surface area contributed by atoms with E-state index in [2.05, 4.69) is 42.6 Å². The van der Waals surface area contributed by atoms with Crippen LogP contribution in [0.5, 0.6) is 0 Å². The Morgan fingerprint density at radius 2 is 2.44 bits per heavy atom. The molecule has 0 saturated carbocycles. The molecule has 16 heavy (non-hydrogen) atoms. The Kier molecular flexibility index (Phi) is 4.00. The smallest absolute Gasteiger partial charge is 0.0389 e. The molecular weight excluding hydrogens is 216 g/mol. The molecule has 1 aromatic rings. The second kappa shape index (κ2) is 5.30. The predicted octanol–water partition coefficient (Wildman–Crippen LogP) is 2.80. The minimum absolute atomic E-state index is 0.494. The van der Waals surface area contributed by atoms with Crippen molar-refractivity contribution >= 4 is 11.3 Å². The van der Waals surface area contributed by atoms with Gasteiger partial charge in [0.15, 0.2) is 0 Å². The van der Waals surface area contributed by atoms with E-state index in [9.17, 15) is 0 Å². The highest BCUT2D eigenvalue weighted by molar-refractivity contribution is 7.10. The molecule has 3 heteroatoms. The van der Waals surface area contributed by atoms with Gasteiger partial charge in [-0.05, 0) is 57.3 Å². The lowest BCUT2D eigenvalue weighted by atomic mass is 10.1. The lowest BCUT2D eigenvalue weighted by Crippen LogP contribution is -2.36. The van der Waals surface area contributed by atoms with Crippen LogP contribution in [0.1, 0.15) is 36.2 Å². The highest BCUT2D eigenvalue weighted by Crippen LogP contribution is 2.24. The Balaban J connectivity index is 1.84. The molecule has 2 rings (SSSR count). The molecule has 1 aliphatic rings. The van der Waals surface area contributed by atoms with Crippen LogP contribution in [-0.4, -0.2) is 31.1 Å². The maximum absolute atomic E-state index is 3.67. The summed E-state index contributed by atoms with van der Waals surface area (Å²) in [6.07, 6.45) is 2.70. The lowest BCUT2D eigenvalue weighted by molar-refractivity contribution is 0.294. The molecule has 1 saturated heterocycles. The van der Waals surface area contributed by atoms with Gasteiger partial charge in [0.25, 0.3) is 0 Å². The van der Waals surface area contributed by atoms with Gasteiger partial charge >= 0.3 is 0 Å². The molecule has 2 nitrogen and oxygen atoms in total. The normalized spacial score (nSPS) is 23.8. The van der Waals surface area contributed by atoms with Crippen molar-refractivity contribution in [2.45, 2.75) is 38.8 Å². The molecule has 0 aromatic carbocycles. The monoisotopic (exact) mass is 238 g/mol. The average molecular weight is 238 g/mol. The highest BCUT2D eigenvalue weighted by Gasteiger charge is 2.21. The van der Waals surface area contributed by atoms with Gasteiger partial charge in [0, 0.05) is 23.5 Å². The second-order valence-electron chi connectivity index (χ2n) is 4.87. The van der Waals surface area contributed by atoms with Crippen molar-refractivity contribution in [3.05, 3.63) is 21.9 Å². The fourth-order valence-electron chi connectivity index (χ4n) is 2.47. The zero-order chi connectivity index (χ0) is 11.5. The first kappa shape index (κ1) is 12.1. The minimum atomic E-state index is 0.494. The summed E-state index contributed by atoms with van der Waals surface area (Å²) in [6, 6.07) is 3.44. The molecule has 0 spiro atoms. The molecule has 2 atom stereocenters. The van der Waals surface area contributed by atoms with E-state index in [-0.39, 0.29) is 0 Å². The zero-order valence-electron chi connectivity index (χ0n) is 10.5. The summed E-state index contributed by atoms with van der Waals surface area (Å²) in [5.41, 5.74) is 1.42. The Hall–Kier alpha value is -0.380. The summed E-state index contributed by atoms with van der Waals surface area (Å²) in [6.45, 7) is 6.85. The topological polar surface area (TPSA) is 15.3 Å². The van der Waals surface area contributed by atoms with Gasteiger partial charge in [-0.3, -0.25) is 0 Å². The number of aryl methyl sites for hydroxylation is 1. The lowest BCUT2D eigenvalue weighted by Gasteiger charge is -2.22. The van der Waals surface area contributed by atoms with Crippen LogP contribution in [0.25, 0.3) is 0 Å². The molecule has 1 N–H and O–H groups in total. The van der Waals surface area contributed by atoms with Crippen molar-refractivity contribution in [2.75, 3.05) is 20.1 Å².